The van der Waals surface area contributed by atoms with E-state index in [-0.39, 0.29) is 5.75 Å². The molecule has 0 saturated heterocycles. The number of carbonyl (C=O) groups excluding carboxylic acids is 1. The molecule has 6 nitrogen and oxygen atoms in total. The maximum atomic E-state index is 10.3. The minimum absolute atomic E-state index is 0.0502. The van der Waals surface area contributed by atoms with Gasteiger partial charge in [-0.3, -0.25) is 4.79 Å². The van der Waals surface area contributed by atoms with Gasteiger partial charge < -0.3 is 15.7 Å². The van der Waals surface area contributed by atoms with E-state index in [9.17, 15) is 9.59 Å². The second-order valence-electron chi connectivity index (χ2n) is 1.62. The van der Waals surface area contributed by atoms with Crippen LogP contribution in [-0.4, -0.2) is 28.2 Å². The molecule has 0 bridgehead atoms. The van der Waals surface area contributed by atoms with Gasteiger partial charge >= 0.3 is 11.3 Å². The Morgan fingerprint density at radius 3 is 2.55 bits per heavy atom. The quantitative estimate of drug-likeness (QED) is 0.484. The molecule has 0 aromatic carbocycles. The fourth-order valence-corrected chi connectivity index (χ4v) is 0.789. The molecule has 0 aromatic heterocycles. The second-order valence-corrected chi connectivity index (χ2v) is 2.58. The number of thioether (sulfide) groups is 1. The molecule has 0 fully saturated rings. The number of rotatable bonds is 3. The minimum Gasteiger partial charge on any atom is -0.480 e. The Morgan fingerprint density at radius 1 is 1.64 bits per heavy atom. The van der Waals surface area contributed by atoms with E-state index in [1.54, 1.807) is 0 Å². The van der Waals surface area contributed by atoms with Crippen molar-refractivity contribution >= 4 is 23.0 Å². The van der Waals surface area contributed by atoms with E-state index in [1.807, 2.05) is 0 Å². The summed E-state index contributed by atoms with van der Waals surface area (Å²) in [7, 11) is 0. The van der Waals surface area contributed by atoms with Crippen LogP contribution in [0.25, 0.3) is 0 Å². The van der Waals surface area contributed by atoms with Crippen molar-refractivity contribution in [1.82, 2.24) is 0 Å². The first-order valence-electron chi connectivity index (χ1n) is 2.59. The van der Waals surface area contributed by atoms with Gasteiger partial charge in [-0.05, 0) is 11.8 Å². The van der Waals surface area contributed by atoms with Crippen molar-refractivity contribution in [3.05, 3.63) is 0 Å². The van der Waals surface area contributed by atoms with Gasteiger partial charge in [0.05, 0.1) is 0 Å². The number of aliphatic carboxylic acids is 1. The van der Waals surface area contributed by atoms with Crippen LogP contribution < -0.4 is 11.6 Å². The normalized spacial score (nSPS) is 12.2. The highest BCUT2D eigenvalue weighted by atomic mass is 32.2. The molecule has 0 heterocycles. The van der Waals surface area contributed by atoms with E-state index in [4.69, 9.17) is 10.8 Å². The molecule has 0 aliphatic rings. The van der Waals surface area contributed by atoms with Gasteiger partial charge in [0.15, 0.2) is 0 Å². The zero-order valence-corrected chi connectivity index (χ0v) is 6.34. The molecular formula is C4H8N2O4S. The Labute approximate surface area is 66.8 Å². The molecular weight excluding hydrogens is 172 g/mol. The van der Waals surface area contributed by atoms with E-state index in [0.29, 0.717) is 11.8 Å². The van der Waals surface area contributed by atoms with Crippen molar-refractivity contribution in [3.8, 4) is 0 Å². The van der Waals surface area contributed by atoms with Gasteiger partial charge in [-0.15, -0.1) is 0 Å². The summed E-state index contributed by atoms with van der Waals surface area (Å²) in [5.74, 6) is 3.26. The van der Waals surface area contributed by atoms with Gasteiger partial charge in [0.1, 0.15) is 6.04 Å². The van der Waals surface area contributed by atoms with E-state index in [1.165, 1.54) is 0 Å². The van der Waals surface area contributed by atoms with Crippen LogP contribution in [0.2, 0.25) is 0 Å². The average Bonchev–Trinajstić information content (AvgIpc) is 1.99. The molecule has 0 saturated carbocycles. The third-order valence-corrected chi connectivity index (χ3v) is 1.65. The van der Waals surface area contributed by atoms with Crippen LogP contribution in [0.5, 0.6) is 0 Å². The molecule has 0 amide bonds. The first-order valence-corrected chi connectivity index (χ1v) is 3.58. The molecule has 5 N–H and O–H groups in total. The van der Waals surface area contributed by atoms with Crippen LogP contribution in [-0.2, 0) is 9.63 Å². The average molecular weight is 180 g/mol. The van der Waals surface area contributed by atoms with Gasteiger partial charge in [0, 0.05) is 5.75 Å². The Bertz CT molecular complexity index is 162. The summed E-state index contributed by atoms with van der Waals surface area (Å²) in [6.07, 6.45) is 0. The zero-order chi connectivity index (χ0) is 8.85. The Balaban J connectivity index is 3.54. The Hall–Kier alpha value is -0.790. The topological polar surface area (TPSA) is 116 Å². The predicted molar refractivity (Wildman–Crippen MR) is 38.7 cm³/mol. The molecule has 0 rings (SSSR count). The molecule has 7 heteroatoms. The molecule has 64 valence electrons. The van der Waals surface area contributed by atoms with Gasteiger partial charge in [-0.2, -0.15) is 5.90 Å². The van der Waals surface area contributed by atoms with Crippen molar-refractivity contribution < 1.29 is 19.5 Å². The van der Waals surface area contributed by atoms with Gasteiger partial charge in [-0.1, -0.05) is 0 Å². The van der Waals surface area contributed by atoms with Crippen molar-refractivity contribution in [2.24, 2.45) is 11.6 Å². The molecule has 0 aliphatic carbocycles. The van der Waals surface area contributed by atoms with Crippen molar-refractivity contribution in [2.75, 3.05) is 5.75 Å². The smallest absolute Gasteiger partial charge is 0.385 e. The highest BCUT2D eigenvalue weighted by Crippen LogP contribution is 2.04. The third-order valence-electron chi connectivity index (χ3n) is 0.794. The fraction of sp³-hybridized carbons (Fsp3) is 0.500. The summed E-state index contributed by atoms with van der Waals surface area (Å²) < 4.78 is 0. The largest absolute Gasteiger partial charge is 0.480 e. The highest BCUT2D eigenvalue weighted by Gasteiger charge is 2.13. The number of nitrogens with two attached hydrogens (primary N) is 2. The van der Waals surface area contributed by atoms with Crippen LogP contribution in [0.3, 0.4) is 0 Å². The third kappa shape index (κ3) is 4.59. The lowest BCUT2D eigenvalue weighted by Gasteiger charge is -2.02. The molecule has 0 spiro atoms. The van der Waals surface area contributed by atoms with Gasteiger partial charge in [-0.25, -0.2) is 4.79 Å². The maximum absolute atomic E-state index is 10.3. The van der Waals surface area contributed by atoms with E-state index in [2.05, 4.69) is 10.7 Å². The summed E-state index contributed by atoms with van der Waals surface area (Å²) in [6.45, 7) is 0. The first-order chi connectivity index (χ1) is 5.07. The molecule has 0 aromatic rings. The Morgan fingerprint density at radius 2 is 2.18 bits per heavy atom. The van der Waals surface area contributed by atoms with Gasteiger partial charge in [0.25, 0.3) is 0 Å². The standard InChI is InChI=1S/C4H8N2O4S/c5-2(3(7)8)1-11-4(9)10-6/h2H,1,5-6H2,(H,7,8)/t2-/m0/s1. The number of carboxylic acid groups (broad SMARTS) is 1. The molecule has 1 atom stereocenters. The summed E-state index contributed by atoms with van der Waals surface area (Å²) in [6, 6.07) is -1.07. The molecule has 11 heavy (non-hydrogen) atoms. The van der Waals surface area contributed by atoms with E-state index >= 15 is 0 Å². The van der Waals surface area contributed by atoms with Crippen LogP contribution in [0, 0.1) is 0 Å². The van der Waals surface area contributed by atoms with Crippen molar-refractivity contribution in [3.63, 3.8) is 0 Å². The summed E-state index contributed by atoms with van der Waals surface area (Å²) in [5, 5.41) is 7.50. The Kier molecular flexibility index (Phi) is 4.59. The zero-order valence-electron chi connectivity index (χ0n) is 5.52. The van der Waals surface area contributed by atoms with Gasteiger partial charge in [0.2, 0.25) is 0 Å². The predicted octanol–water partition coefficient (Wildman–Crippen LogP) is -0.858. The van der Waals surface area contributed by atoms with Crippen LogP contribution in [0.4, 0.5) is 4.79 Å². The SMILES string of the molecule is NOC(=O)SC[C@H](N)C(=O)O. The lowest BCUT2D eigenvalue weighted by Crippen LogP contribution is -2.33. The van der Waals surface area contributed by atoms with Crippen molar-refractivity contribution in [1.29, 1.82) is 0 Å². The highest BCUT2D eigenvalue weighted by molar-refractivity contribution is 8.13. The van der Waals surface area contributed by atoms with Crippen LogP contribution >= 0.6 is 11.8 Å². The van der Waals surface area contributed by atoms with E-state index < -0.39 is 17.3 Å². The fourth-order valence-electron chi connectivity index (χ4n) is 0.263. The van der Waals surface area contributed by atoms with Crippen LogP contribution in [0.15, 0.2) is 0 Å². The number of carbonyl (C=O) groups is 2. The summed E-state index contributed by atoms with van der Waals surface area (Å²) in [4.78, 5) is 24.1. The summed E-state index contributed by atoms with van der Waals surface area (Å²) >= 11 is 0.621. The number of hydrogen-bond acceptors (Lipinski definition) is 6. The molecule has 0 aliphatic heterocycles. The lowest BCUT2D eigenvalue weighted by atomic mass is 10.4. The first kappa shape index (κ1) is 10.2. The number of hydrogen-bond donors (Lipinski definition) is 3. The number of carboxylic acids is 1. The van der Waals surface area contributed by atoms with Crippen molar-refractivity contribution in [2.45, 2.75) is 6.04 Å². The maximum Gasteiger partial charge on any atom is 0.385 e. The lowest BCUT2D eigenvalue weighted by molar-refractivity contribution is -0.137. The van der Waals surface area contributed by atoms with E-state index in [0.717, 1.165) is 0 Å². The molecule has 0 unspecified atom stereocenters. The monoisotopic (exact) mass is 180 g/mol. The van der Waals surface area contributed by atoms with Crippen LogP contribution in [0.1, 0.15) is 0 Å². The summed E-state index contributed by atoms with van der Waals surface area (Å²) in [5.41, 5.74) is 5.05. The molecule has 0 radical (unpaired) electrons. The second kappa shape index (κ2) is 4.94. The minimum atomic E-state index is -1.16.